The van der Waals surface area contributed by atoms with E-state index in [1.807, 2.05) is 6.92 Å². The van der Waals surface area contributed by atoms with Crippen LogP contribution < -0.4 is 0 Å². The minimum Gasteiger partial charge on any atom is -0.212 e. The lowest BCUT2D eigenvalue weighted by molar-refractivity contribution is 0.468. The highest BCUT2D eigenvalue weighted by Crippen LogP contribution is 2.03. The summed E-state index contributed by atoms with van der Waals surface area (Å²) in [6, 6.07) is 0. The quantitative estimate of drug-likeness (QED) is 0.663. The van der Waals surface area contributed by atoms with Gasteiger partial charge in [-0.05, 0) is 12.8 Å². The van der Waals surface area contributed by atoms with Gasteiger partial charge in [0.25, 0.3) is 0 Å². The second-order valence-electron chi connectivity index (χ2n) is 3.03. The first-order valence-corrected chi connectivity index (χ1v) is 7.27. The Kier molecular flexibility index (Phi) is 6.99. The third kappa shape index (κ3) is 5.65. The largest absolute Gasteiger partial charge is 0.213 e. The average Bonchev–Trinajstić information content (AvgIpc) is 2.10. The molecule has 13 heavy (non-hydrogen) atoms. The molecular formula is C8H18BrNO2S. The minimum atomic E-state index is -2.98. The lowest BCUT2D eigenvalue weighted by atomic mass is 10.4. The zero-order valence-corrected chi connectivity index (χ0v) is 10.7. The summed E-state index contributed by atoms with van der Waals surface area (Å²) in [7, 11) is -1.34. The monoisotopic (exact) mass is 271 g/mol. The smallest absolute Gasteiger partial charge is 0.212 e. The van der Waals surface area contributed by atoms with Gasteiger partial charge in [-0.2, -0.15) is 0 Å². The van der Waals surface area contributed by atoms with Crippen molar-refractivity contribution in [1.82, 2.24) is 4.31 Å². The van der Waals surface area contributed by atoms with Crippen molar-refractivity contribution in [2.45, 2.75) is 26.2 Å². The van der Waals surface area contributed by atoms with Gasteiger partial charge >= 0.3 is 0 Å². The Labute approximate surface area is 89.7 Å². The molecule has 0 heterocycles. The first-order valence-electron chi connectivity index (χ1n) is 4.54. The van der Waals surface area contributed by atoms with E-state index in [-0.39, 0.29) is 5.75 Å². The normalized spacial score (nSPS) is 12.3. The van der Waals surface area contributed by atoms with Gasteiger partial charge in [-0.1, -0.05) is 29.3 Å². The Balaban J connectivity index is 3.96. The fourth-order valence-electron chi connectivity index (χ4n) is 0.904. The van der Waals surface area contributed by atoms with E-state index in [0.29, 0.717) is 6.54 Å². The molecule has 0 aliphatic carbocycles. The van der Waals surface area contributed by atoms with E-state index in [0.717, 1.165) is 24.6 Å². The molecule has 0 aromatic heterocycles. The fourth-order valence-corrected chi connectivity index (χ4v) is 2.53. The molecule has 0 radical (unpaired) electrons. The molecule has 0 saturated carbocycles. The van der Waals surface area contributed by atoms with Crippen molar-refractivity contribution in [1.29, 1.82) is 0 Å². The van der Waals surface area contributed by atoms with Gasteiger partial charge in [-0.25, -0.2) is 12.7 Å². The Hall–Kier alpha value is 0.390. The summed E-state index contributed by atoms with van der Waals surface area (Å²) < 4.78 is 24.5. The Bertz CT molecular complexity index is 216. The number of sulfonamides is 1. The van der Waals surface area contributed by atoms with Crippen molar-refractivity contribution in [3.8, 4) is 0 Å². The zero-order valence-electron chi connectivity index (χ0n) is 8.29. The second-order valence-corrected chi connectivity index (χ2v) is 6.02. The summed E-state index contributed by atoms with van der Waals surface area (Å²) in [6.45, 7) is 2.60. The molecule has 0 amide bonds. The number of hydrogen-bond acceptors (Lipinski definition) is 2. The van der Waals surface area contributed by atoms with Crippen LogP contribution in [0, 0.1) is 0 Å². The molecule has 0 atom stereocenters. The van der Waals surface area contributed by atoms with Crippen LogP contribution in [0.25, 0.3) is 0 Å². The summed E-state index contributed by atoms with van der Waals surface area (Å²) >= 11 is 3.28. The minimum absolute atomic E-state index is 0.280. The molecule has 0 spiro atoms. The molecule has 0 N–H and O–H groups in total. The second kappa shape index (κ2) is 6.79. The summed E-state index contributed by atoms with van der Waals surface area (Å²) in [5.41, 5.74) is 0. The number of nitrogens with zero attached hydrogens (tertiary/aromatic N) is 1. The van der Waals surface area contributed by atoms with Crippen LogP contribution >= 0.6 is 15.9 Å². The average molecular weight is 272 g/mol. The predicted molar refractivity (Wildman–Crippen MR) is 59.7 cm³/mol. The maximum atomic E-state index is 11.5. The lowest BCUT2D eigenvalue weighted by Gasteiger charge is -2.15. The molecule has 0 rings (SSSR count). The summed E-state index contributed by atoms with van der Waals surface area (Å²) in [6.07, 6.45) is 2.54. The molecule has 0 aliphatic heterocycles. The van der Waals surface area contributed by atoms with Gasteiger partial charge in [0, 0.05) is 18.9 Å². The highest BCUT2D eigenvalue weighted by molar-refractivity contribution is 9.09. The van der Waals surface area contributed by atoms with Crippen LogP contribution in [0.4, 0.5) is 0 Å². The molecule has 0 saturated heterocycles. The number of alkyl halides is 1. The van der Waals surface area contributed by atoms with E-state index < -0.39 is 10.0 Å². The van der Waals surface area contributed by atoms with Crippen LogP contribution in [0.3, 0.4) is 0 Å². The van der Waals surface area contributed by atoms with Gasteiger partial charge in [0.2, 0.25) is 10.0 Å². The number of halogens is 1. The van der Waals surface area contributed by atoms with Crippen molar-refractivity contribution in [3.63, 3.8) is 0 Å². The van der Waals surface area contributed by atoms with Crippen molar-refractivity contribution >= 4 is 26.0 Å². The SMILES string of the molecule is CCCCS(=O)(=O)N(C)CCCBr. The molecular weight excluding hydrogens is 254 g/mol. The molecule has 0 bridgehead atoms. The van der Waals surface area contributed by atoms with Gasteiger partial charge in [0.15, 0.2) is 0 Å². The van der Waals surface area contributed by atoms with Crippen molar-refractivity contribution < 1.29 is 8.42 Å². The Morgan fingerprint density at radius 3 is 2.38 bits per heavy atom. The first kappa shape index (κ1) is 13.4. The molecule has 5 heteroatoms. The van der Waals surface area contributed by atoms with Crippen LogP contribution in [-0.2, 0) is 10.0 Å². The Morgan fingerprint density at radius 2 is 1.92 bits per heavy atom. The highest BCUT2D eigenvalue weighted by Gasteiger charge is 2.15. The van der Waals surface area contributed by atoms with Gasteiger partial charge in [-0.3, -0.25) is 0 Å². The Morgan fingerprint density at radius 1 is 1.31 bits per heavy atom. The van der Waals surface area contributed by atoms with E-state index >= 15 is 0 Å². The van der Waals surface area contributed by atoms with Crippen LogP contribution in [0.2, 0.25) is 0 Å². The lowest BCUT2D eigenvalue weighted by Crippen LogP contribution is -2.30. The summed E-state index contributed by atoms with van der Waals surface area (Å²) in [4.78, 5) is 0. The first-order chi connectivity index (χ1) is 6.04. The molecule has 0 unspecified atom stereocenters. The maximum absolute atomic E-state index is 11.5. The molecule has 0 aromatic rings. The highest BCUT2D eigenvalue weighted by atomic mass is 79.9. The van der Waals surface area contributed by atoms with Crippen LogP contribution in [0.5, 0.6) is 0 Å². The standard InChI is InChI=1S/C8H18BrNO2S/c1-3-4-8-13(11,12)10(2)7-5-6-9/h3-8H2,1-2H3. The summed E-state index contributed by atoms with van der Waals surface area (Å²) in [5.74, 6) is 0.280. The number of hydrogen-bond donors (Lipinski definition) is 0. The van der Waals surface area contributed by atoms with E-state index in [9.17, 15) is 8.42 Å². The fraction of sp³-hybridized carbons (Fsp3) is 1.00. The predicted octanol–water partition coefficient (Wildman–Crippen LogP) is 1.83. The van der Waals surface area contributed by atoms with E-state index in [2.05, 4.69) is 15.9 Å². The number of unbranched alkanes of at least 4 members (excludes halogenated alkanes) is 1. The van der Waals surface area contributed by atoms with Gasteiger partial charge in [-0.15, -0.1) is 0 Å². The zero-order chi connectivity index (χ0) is 10.3. The molecule has 0 aromatic carbocycles. The van der Waals surface area contributed by atoms with Crippen molar-refractivity contribution in [3.05, 3.63) is 0 Å². The third-order valence-corrected chi connectivity index (χ3v) is 4.33. The van der Waals surface area contributed by atoms with Gasteiger partial charge in [0.1, 0.15) is 0 Å². The van der Waals surface area contributed by atoms with Crippen molar-refractivity contribution in [2.24, 2.45) is 0 Å². The van der Waals surface area contributed by atoms with E-state index in [1.165, 1.54) is 4.31 Å². The van der Waals surface area contributed by atoms with Crippen LogP contribution in [0.15, 0.2) is 0 Å². The molecule has 0 fully saturated rings. The topological polar surface area (TPSA) is 37.4 Å². The van der Waals surface area contributed by atoms with Crippen molar-refractivity contribution in [2.75, 3.05) is 24.7 Å². The third-order valence-electron chi connectivity index (χ3n) is 1.84. The van der Waals surface area contributed by atoms with Crippen LogP contribution in [-0.4, -0.2) is 37.4 Å². The van der Waals surface area contributed by atoms with Gasteiger partial charge in [0.05, 0.1) is 5.75 Å². The molecule has 0 aliphatic rings. The van der Waals surface area contributed by atoms with E-state index in [4.69, 9.17) is 0 Å². The maximum Gasteiger partial charge on any atom is 0.213 e. The number of rotatable bonds is 7. The summed E-state index contributed by atoms with van der Waals surface area (Å²) in [5, 5.41) is 0.848. The molecule has 80 valence electrons. The van der Waals surface area contributed by atoms with Gasteiger partial charge < -0.3 is 0 Å². The molecule has 3 nitrogen and oxygen atoms in total. The van der Waals surface area contributed by atoms with E-state index in [1.54, 1.807) is 7.05 Å². The van der Waals surface area contributed by atoms with Crippen LogP contribution in [0.1, 0.15) is 26.2 Å².